The summed E-state index contributed by atoms with van der Waals surface area (Å²) >= 11 is 0. The van der Waals surface area contributed by atoms with Gasteiger partial charge in [-0.2, -0.15) is 21.6 Å². The Morgan fingerprint density at radius 1 is 1.00 bits per heavy atom. The van der Waals surface area contributed by atoms with Gasteiger partial charge in [-0.3, -0.25) is 0 Å². The molecule has 0 spiro atoms. The van der Waals surface area contributed by atoms with Crippen LogP contribution in [0, 0.1) is 29.1 Å². The van der Waals surface area contributed by atoms with Gasteiger partial charge >= 0.3 is 15.6 Å². The summed E-state index contributed by atoms with van der Waals surface area (Å²) in [4.78, 5) is 0. The molecular formula is C29H44F3NO7S. The van der Waals surface area contributed by atoms with Gasteiger partial charge in [-0.1, -0.05) is 52.7 Å². The van der Waals surface area contributed by atoms with E-state index in [0.717, 1.165) is 25.7 Å². The molecule has 8 nitrogen and oxygen atoms in total. The molecule has 0 amide bonds. The highest BCUT2D eigenvalue weighted by Crippen LogP contribution is 2.70. The van der Waals surface area contributed by atoms with Gasteiger partial charge in [0.15, 0.2) is 0 Å². The molecule has 0 aromatic rings. The number of halogens is 3. The van der Waals surface area contributed by atoms with Gasteiger partial charge in [0.05, 0.1) is 31.8 Å². The van der Waals surface area contributed by atoms with Crippen molar-refractivity contribution in [3.63, 3.8) is 0 Å². The van der Waals surface area contributed by atoms with Crippen LogP contribution in [-0.4, -0.2) is 64.0 Å². The molecular weight excluding hydrogens is 563 g/mol. The maximum atomic E-state index is 13.4. The fraction of sp³-hybridized carbons (Fsp3) is 0.862. The van der Waals surface area contributed by atoms with Crippen LogP contribution in [0.1, 0.15) is 73.1 Å². The number of nitrogens with one attached hydrogen (secondary N) is 1. The van der Waals surface area contributed by atoms with Crippen molar-refractivity contribution in [2.24, 2.45) is 29.1 Å². The van der Waals surface area contributed by atoms with E-state index in [9.17, 15) is 21.6 Å². The minimum Gasteiger partial charge on any atom is -0.381 e. The second-order valence-corrected chi connectivity index (χ2v) is 14.5. The van der Waals surface area contributed by atoms with E-state index in [1.54, 1.807) is 6.08 Å². The minimum atomic E-state index is -5.84. The minimum absolute atomic E-state index is 0.0462. The third kappa shape index (κ3) is 5.18. The standard InChI is InChI=1S/C23H29F3O7S.C6H15N/c1-20-13-18(33-34(27,28)23(24,25)26)19-15-5-3-2-4-14(15)6-7-16(19)17(20)12-21-22(20,31-10-8-29-21)32-11-9-30-21;1-5(2)7-6(3)4/h6,13,15-17,19H,2-5,7-12H2,1H3;5-7H,1-4H3/t15-,16-,17-,19+,20-,21?,22?;/m0./s1. The first kappa shape index (κ1) is 31.3. The summed E-state index contributed by atoms with van der Waals surface area (Å²) in [7, 11) is -5.84. The van der Waals surface area contributed by atoms with Gasteiger partial charge in [0.1, 0.15) is 5.76 Å². The molecule has 6 aliphatic rings. The van der Waals surface area contributed by atoms with Crippen LogP contribution in [0.25, 0.3) is 0 Å². The van der Waals surface area contributed by atoms with Crippen LogP contribution in [0.3, 0.4) is 0 Å². The lowest BCUT2D eigenvalue weighted by atomic mass is 9.54. The van der Waals surface area contributed by atoms with Crippen LogP contribution in [0.4, 0.5) is 13.2 Å². The molecule has 41 heavy (non-hydrogen) atoms. The summed E-state index contributed by atoms with van der Waals surface area (Å²) in [6.07, 6.45) is 8.46. The molecule has 0 unspecified atom stereocenters. The average Bonchev–Trinajstić information content (AvgIpc) is 3.13. The van der Waals surface area contributed by atoms with Gasteiger partial charge in [0, 0.05) is 24.4 Å². The van der Waals surface area contributed by atoms with E-state index in [1.165, 1.54) is 5.57 Å². The van der Waals surface area contributed by atoms with E-state index in [-0.39, 0.29) is 36.7 Å². The zero-order valence-corrected chi connectivity index (χ0v) is 25.4. The third-order valence-electron chi connectivity index (χ3n) is 9.61. The summed E-state index contributed by atoms with van der Waals surface area (Å²) in [6.45, 7) is 11.6. The number of ether oxygens (including phenoxy) is 4. The van der Waals surface area contributed by atoms with Crippen LogP contribution in [-0.2, 0) is 33.2 Å². The van der Waals surface area contributed by atoms with E-state index >= 15 is 0 Å². The molecule has 2 heterocycles. The van der Waals surface area contributed by atoms with Gasteiger partial charge in [0.2, 0.25) is 11.6 Å². The first-order chi connectivity index (χ1) is 19.2. The van der Waals surface area contributed by atoms with Crippen LogP contribution < -0.4 is 5.32 Å². The summed E-state index contributed by atoms with van der Waals surface area (Å²) < 4.78 is 94.4. The molecule has 2 saturated carbocycles. The first-order valence-corrected chi connectivity index (χ1v) is 16.3. The molecule has 2 saturated heterocycles. The molecule has 0 aromatic heterocycles. The molecule has 4 aliphatic carbocycles. The van der Waals surface area contributed by atoms with E-state index in [4.69, 9.17) is 23.1 Å². The molecule has 1 N–H and O–H groups in total. The predicted molar refractivity (Wildman–Crippen MR) is 145 cm³/mol. The zero-order valence-electron chi connectivity index (χ0n) is 24.6. The van der Waals surface area contributed by atoms with E-state index in [1.807, 2.05) is 6.92 Å². The monoisotopic (exact) mass is 607 g/mol. The Morgan fingerprint density at radius 3 is 2.17 bits per heavy atom. The van der Waals surface area contributed by atoms with E-state index in [2.05, 4.69) is 39.1 Å². The molecule has 0 bridgehead atoms. The lowest BCUT2D eigenvalue weighted by Crippen LogP contribution is -2.69. The first-order valence-electron chi connectivity index (χ1n) is 14.9. The van der Waals surface area contributed by atoms with Crippen LogP contribution in [0.15, 0.2) is 23.5 Å². The van der Waals surface area contributed by atoms with Crippen molar-refractivity contribution < 1.29 is 44.7 Å². The highest BCUT2D eigenvalue weighted by molar-refractivity contribution is 7.87. The Bertz CT molecular complexity index is 1130. The number of hydrogen-bond donors (Lipinski definition) is 1. The number of rotatable bonds is 4. The molecule has 5 atom stereocenters. The highest BCUT2D eigenvalue weighted by atomic mass is 32.2. The Labute approximate surface area is 241 Å². The summed E-state index contributed by atoms with van der Waals surface area (Å²) in [5, 5.41) is 3.31. The molecule has 4 fully saturated rings. The Balaban J connectivity index is 0.000000431. The third-order valence-corrected chi connectivity index (χ3v) is 10.6. The maximum absolute atomic E-state index is 13.4. The number of alkyl halides is 3. The topological polar surface area (TPSA) is 92.3 Å². The van der Waals surface area contributed by atoms with Gasteiger partial charge in [-0.25, -0.2) is 0 Å². The van der Waals surface area contributed by atoms with Gasteiger partial charge < -0.3 is 28.4 Å². The van der Waals surface area contributed by atoms with Crippen molar-refractivity contribution in [3.05, 3.63) is 23.5 Å². The maximum Gasteiger partial charge on any atom is 0.534 e. The Hall–Kier alpha value is -1.18. The fourth-order valence-corrected chi connectivity index (χ4v) is 8.90. The van der Waals surface area contributed by atoms with E-state index < -0.39 is 38.5 Å². The molecule has 12 heteroatoms. The van der Waals surface area contributed by atoms with Gasteiger partial charge in [0.25, 0.3) is 0 Å². The molecule has 0 radical (unpaired) electrons. The zero-order chi connectivity index (χ0) is 29.8. The van der Waals surface area contributed by atoms with Gasteiger partial charge in [-0.05, 0) is 49.5 Å². The van der Waals surface area contributed by atoms with Crippen molar-refractivity contribution in [2.45, 2.75) is 102 Å². The Morgan fingerprint density at radius 2 is 1.61 bits per heavy atom. The second-order valence-electron chi connectivity index (χ2n) is 12.9. The predicted octanol–water partition coefficient (Wildman–Crippen LogP) is 5.41. The SMILES string of the molecule is CC(C)NC(C)C.C[C@]12C=C(OS(=O)(=O)C(F)(F)F)[C@H]3[C@@H](CC=C4CCCC[C@@H]43)[C@@H]1CC13OCCOC12OCCO3. The van der Waals surface area contributed by atoms with E-state index in [0.29, 0.717) is 38.1 Å². The van der Waals surface area contributed by atoms with Crippen LogP contribution in [0.2, 0.25) is 0 Å². The number of fused-ring (bicyclic) bond motifs is 5. The van der Waals surface area contributed by atoms with Gasteiger partial charge in [-0.15, -0.1) is 0 Å². The highest BCUT2D eigenvalue weighted by Gasteiger charge is 2.78. The summed E-state index contributed by atoms with van der Waals surface area (Å²) in [6, 6.07) is 1.25. The fourth-order valence-electron chi connectivity index (χ4n) is 8.39. The summed E-state index contributed by atoms with van der Waals surface area (Å²) in [5.41, 5.74) is -5.34. The van der Waals surface area contributed by atoms with Crippen molar-refractivity contribution in [3.8, 4) is 0 Å². The lowest BCUT2D eigenvalue weighted by Gasteiger charge is -2.57. The summed E-state index contributed by atoms with van der Waals surface area (Å²) in [5.74, 6) is -3.52. The largest absolute Gasteiger partial charge is 0.534 e. The molecule has 0 aromatic carbocycles. The van der Waals surface area contributed by atoms with Crippen molar-refractivity contribution in [1.29, 1.82) is 0 Å². The smallest absolute Gasteiger partial charge is 0.381 e. The number of allylic oxidation sites excluding steroid dienone is 3. The normalized spacial score (nSPS) is 40.1. The molecule has 234 valence electrons. The van der Waals surface area contributed by atoms with Crippen LogP contribution >= 0.6 is 0 Å². The molecule has 2 aliphatic heterocycles. The lowest BCUT2D eigenvalue weighted by molar-refractivity contribution is -0.469. The Kier molecular flexibility index (Phi) is 8.44. The quantitative estimate of drug-likeness (QED) is 0.258. The average molecular weight is 608 g/mol. The van der Waals surface area contributed by atoms with Crippen molar-refractivity contribution >= 4 is 10.1 Å². The van der Waals surface area contributed by atoms with Crippen molar-refractivity contribution in [1.82, 2.24) is 5.32 Å². The van der Waals surface area contributed by atoms with Crippen molar-refractivity contribution in [2.75, 3.05) is 26.4 Å². The number of hydrogen-bond acceptors (Lipinski definition) is 8. The van der Waals surface area contributed by atoms with Crippen LogP contribution in [0.5, 0.6) is 0 Å². The molecule has 6 rings (SSSR count). The second kappa shape index (κ2) is 11.1.